The molecular weight excluding hydrogens is 198 g/mol. The number of nitrogens with one attached hydrogen (secondary N) is 1. The molecule has 0 aliphatic rings. The number of unbranched alkanes of at least 4 members (excludes halogenated alkanes) is 1. The maximum absolute atomic E-state index is 5.49. The van der Waals surface area contributed by atoms with Gasteiger partial charge in [0.15, 0.2) is 0 Å². The summed E-state index contributed by atoms with van der Waals surface area (Å²) in [5, 5.41) is 3.36. The van der Waals surface area contributed by atoms with Crippen LogP contribution in [0.3, 0.4) is 0 Å². The van der Waals surface area contributed by atoms with Crippen molar-refractivity contribution in [1.29, 1.82) is 0 Å². The minimum Gasteiger partial charge on any atom is -0.383 e. The number of ether oxygens (including phenoxy) is 1. The van der Waals surface area contributed by atoms with Gasteiger partial charge in [-0.05, 0) is 43.5 Å². The van der Waals surface area contributed by atoms with Crippen LogP contribution in [0.5, 0.6) is 0 Å². The molecule has 0 amide bonds. The van der Waals surface area contributed by atoms with Gasteiger partial charge >= 0.3 is 0 Å². The van der Waals surface area contributed by atoms with E-state index >= 15 is 0 Å². The van der Waals surface area contributed by atoms with Crippen LogP contribution in [0.25, 0.3) is 0 Å². The maximum Gasteiger partial charge on any atom is 0.0639 e. The molecule has 0 fully saturated rings. The molecule has 1 rings (SSSR count). The fourth-order valence-corrected chi connectivity index (χ4v) is 1.47. The molecule has 1 N–H and O–H groups in total. The summed E-state index contributed by atoms with van der Waals surface area (Å²) in [4.78, 5) is 0. The Bertz CT molecular complexity index is 310. The van der Waals surface area contributed by atoms with Crippen LogP contribution in [-0.2, 0) is 4.74 Å². The third-order valence-electron chi connectivity index (χ3n) is 2.72. The van der Waals surface area contributed by atoms with Crippen LogP contribution < -0.4 is 5.32 Å². The van der Waals surface area contributed by atoms with E-state index < -0.39 is 0 Å². The maximum atomic E-state index is 5.49. The minimum atomic E-state index is 0.785. The van der Waals surface area contributed by atoms with E-state index in [-0.39, 0.29) is 0 Å². The smallest absolute Gasteiger partial charge is 0.0639 e. The largest absolute Gasteiger partial charge is 0.383 e. The van der Waals surface area contributed by atoms with Crippen molar-refractivity contribution in [3.8, 4) is 0 Å². The number of benzene rings is 1. The standard InChI is InChI=1S/C14H23NO/c1-4-5-9-16-10-8-15-14-7-6-12(2)13(3)11-14/h6-7,11,15H,4-5,8-10H2,1-3H3. The molecule has 0 atom stereocenters. The Morgan fingerprint density at radius 3 is 2.62 bits per heavy atom. The first-order valence-electron chi connectivity index (χ1n) is 6.13. The molecule has 0 radical (unpaired) electrons. The van der Waals surface area contributed by atoms with Gasteiger partial charge in [-0.15, -0.1) is 0 Å². The van der Waals surface area contributed by atoms with Gasteiger partial charge in [-0.2, -0.15) is 0 Å². The molecule has 2 heteroatoms. The average molecular weight is 221 g/mol. The van der Waals surface area contributed by atoms with E-state index in [1.807, 2.05) is 0 Å². The molecule has 0 saturated heterocycles. The van der Waals surface area contributed by atoms with Gasteiger partial charge in [0.2, 0.25) is 0 Å². The van der Waals surface area contributed by atoms with Crippen molar-refractivity contribution >= 4 is 5.69 Å². The van der Waals surface area contributed by atoms with E-state index in [0.717, 1.165) is 26.2 Å². The fourth-order valence-electron chi connectivity index (χ4n) is 1.47. The molecule has 0 bridgehead atoms. The zero-order chi connectivity index (χ0) is 11.8. The molecule has 0 heterocycles. The van der Waals surface area contributed by atoms with E-state index in [2.05, 4.69) is 44.3 Å². The van der Waals surface area contributed by atoms with Gasteiger partial charge < -0.3 is 10.1 Å². The van der Waals surface area contributed by atoms with Gasteiger partial charge in [0, 0.05) is 18.8 Å². The van der Waals surface area contributed by atoms with E-state index in [0.29, 0.717) is 0 Å². The SMILES string of the molecule is CCCCOCCNc1ccc(C)c(C)c1. The van der Waals surface area contributed by atoms with Crippen molar-refractivity contribution in [3.05, 3.63) is 29.3 Å². The molecule has 1 aromatic carbocycles. The molecule has 1 aromatic rings. The number of anilines is 1. The van der Waals surface area contributed by atoms with E-state index in [1.54, 1.807) is 0 Å². The highest BCUT2D eigenvalue weighted by Crippen LogP contribution is 2.13. The summed E-state index contributed by atoms with van der Waals surface area (Å²) in [6, 6.07) is 6.45. The van der Waals surface area contributed by atoms with Crippen LogP contribution in [0.1, 0.15) is 30.9 Å². The summed E-state index contributed by atoms with van der Waals surface area (Å²) in [7, 11) is 0. The summed E-state index contributed by atoms with van der Waals surface area (Å²) in [6.45, 7) is 8.99. The summed E-state index contributed by atoms with van der Waals surface area (Å²) in [5.41, 5.74) is 3.85. The molecule has 0 saturated carbocycles. The second kappa shape index (κ2) is 7.29. The van der Waals surface area contributed by atoms with Crippen LogP contribution in [0.2, 0.25) is 0 Å². The highest BCUT2D eigenvalue weighted by atomic mass is 16.5. The summed E-state index contributed by atoms with van der Waals surface area (Å²) < 4.78 is 5.49. The lowest BCUT2D eigenvalue weighted by molar-refractivity contribution is 0.141. The third-order valence-corrected chi connectivity index (χ3v) is 2.72. The van der Waals surface area contributed by atoms with E-state index in [9.17, 15) is 0 Å². The van der Waals surface area contributed by atoms with Crippen molar-refractivity contribution in [3.63, 3.8) is 0 Å². The first-order valence-corrected chi connectivity index (χ1v) is 6.13. The van der Waals surface area contributed by atoms with Crippen molar-refractivity contribution in [2.24, 2.45) is 0 Å². The van der Waals surface area contributed by atoms with Gasteiger partial charge in [-0.25, -0.2) is 0 Å². The van der Waals surface area contributed by atoms with E-state index in [4.69, 9.17) is 4.74 Å². The first-order chi connectivity index (χ1) is 7.74. The molecular formula is C14H23NO. The monoisotopic (exact) mass is 221 g/mol. The van der Waals surface area contributed by atoms with Crippen molar-refractivity contribution in [2.45, 2.75) is 33.6 Å². The Balaban J connectivity index is 2.19. The van der Waals surface area contributed by atoms with Crippen molar-refractivity contribution in [1.82, 2.24) is 0 Å². The molecule has 0 aliphatic heterocycles. The van der Waals surface area contributed by atoms with Crippen LogP contribution in [0.15, 0.2) is 18.2 Å². The lowest BCUT2D eigenvalue weighted by Crippen LogP contribution is -2.10. The zero-order valence-electron chi connectivity index (χ0n) is 10.7. The lowest BCUT2D eigenvalue weighted by Gasteiger charge is -2.09. The first kappa shape index (κ1) is 13.0. The Labute approximate surface area is 99.0 Å². The Kier molecular flexibility index (Phi) is 5.94. The second-order valence-electron chi connectivity index (χ2n) is 4.19. The van der Waals surface area contributed by atoms with Crippen molar-refractivity contribution in [2.75, 3.05) is 25.1 Å². The Morgan fingerprint density at radius 2 is 1.94 bits per heavy atom. The highest BCUT2D eigenvalue weighted by molar-refractivity contribution is 5.47. The van der Waals surface area contributed by atoms with Gasteiger partial charge in [-0.1, -0.05) is 19.4 Å². The third kappa shape index (κ3) is 4.67. The Hall–Kier alpha value is -1.02. The number of hydrogen-bond acceptors (Lipinski definition) is 2. The zero-order valence-corrected chi connectivity index (χ0v) is 10.7. The number of rotatable bonds is 7. The molecule has 90 valence electrons. The normalized spacial score (nSPS) is 10.4. The quantitative estimate of drug-likeness (QED) is 0.711. The van der Waals surface area contributed by atoms with Crippen LogP contribution in [0, 0.1) is 13.8 Å². The predicted octanol–water partition coefficient (Wildman–Crippen LogP) is 3.53. The molecule has 16 heavy (non-hydrogen) atoms. The summed E-state index contributed by atoms with van der Waals surface area (Å²) in [6.07, 6.45) is 2.36. The summed E-state index contributed by atoms with van der Waals surface area (Å²) >= 11 is 0. The average Bonchev–Trinajstić information content (AvgIpc) is 2.28. The van der Waals surface area contributed by atoms with Gasteiger partial charge in [0.05, 0.1) is 6.61 Å². The van der Waals surface area contributed by atoms with Gasteiger partial charge in [0.25, 0.3) is 0 Å². The van der Waals surface area contributed by atoms with Crippen LogP contribution in [-0.4, -0.2) is 19.8 Å². The van der Waals surface area contributed by atoms with Gasteiger partial charge in [-0.3, -0.25) is 0 Å². The molecule has 0 spiro atoms. The Morgan fingerprint density at radius 1 is 1.12 bits per heavy atom. The number of aryl methyl sites for hydroxylation is 2. The number of hydrogen-bond donors (Lipinski definition) is 1. The van der Waals surface area contributed by atoms with E-state index in [1.165, 1.54) is 23.2 Å². The molecule has 0 unspecified atom stereocenters. The van der Waals surface area contributed by atoms with Crippen LogP contribution in [0.4, 0.5) is 5.69 Å². The highest BCUT2D eigenvalue weighted by Gasteiger charge is 1.95. The lowest BCUT2D eigenvalue weighted by atomic mass is 10.1. The molecule has 0 aliphatic carbocycles. The second-order valence-corrected chi connectivity index (χ2v) is 4.19. The van der Waals surface area contributed by atoms with Crippen LogP contribution >= 0.6 is 0 Å². The molecule has 2 nitrogen and oxygen atoms in total. The predicted molar refractivity (Wildman–Crippen MR) is 70.1 cm³/mol. The van der Waals surface area contributed by atoms with Gasteiger partial charge in [0.1, 0.15) is 0 Å². The summed E-state index contributed by atoms with van der Waals surface area (Å²) in [5.74, 6) is 0. The minimum absolute atomic E-state index is 0.785. The topological polar surface area (TPSA) is 21.3 Å². The fraction of sp³-hybridized carbons (Fsp3) is 0.571. The molecule has 0 aromatic heterocycles. The van der Waals surface area contributed by atoms with Crippen molar-refractivity contribution < 1.29 is 4.74 Å².